The highest BCUT2D eigenvalue weighted by Gasteiger charge is 2.22. The number of piperazine rings is 1. The Bertz CT molecular complexity index is 1220. The molecule has 4 rings (SSSR count). The second-order valence-corrected chi connectivity index (χ2v) is 7.92. The molecule has 9 heteroatoms. The maximum absolute atomic E-state index is 12.7. The zero-order chi connectivity index (χ0) is 24.1. The van der Waals surface area contributed by atoms with Crippen LogP contribution in [0.25, 0.3) is 0 Å². The highest BCUT2D eigenvalue weighted by Crippen LogP contribution is 2.18. The van der Waals surface area contributed by atoms with Crippen molar-refractivity contribution in [1.82, 2.24) is 15.5 Å². The van der Waals surface area contributed by atoms with Gasteiger partial charge in [0.15, 0.2) is 5.76 Å². The summed E-state index contributed by atoms with van der Waals surface area (Å²) < 4.78 is 5.10. The Kier molecular flexibility index (Phi) is 6.72. The fourth-order valence-electron chi connectivity index (χ4n) is 3.53. The van der Waals surface area contributed by atoms with Crippen LogP contribution in [0.1, 0.15) is 42.4 Å². The summed E-state index contributed by atoms with van der Waals surface area (Å²) >= 11 is 0. The van der Waals surface area contributed by atoms with Gasteiger partial charge in [0.2, 0.25) is 5.91 Å². The van der Waals surface area contributed by atoms with Crippen LogP contribution in [0, 0.1) is 6.92 Å². The first-order valence-electron chi connectivity index (χ1n) is 10.8. The SMILES string of the molecule is Cc1ccc(C(=O)NCc2ccc(C(=O)N3CCNC(=O)C3)cc2)cc1NC(=O)c1ccco1. The van der Waals surface area contributed by atoms with E-state index in [1.165, 1.54) is 11.2 Å². The molecule has 1 aliphatic heterocycles. The third kappa shape index (κ3) is 5.32. The normalized spacial score (nSPS) is 13.2. The van der Waals surface area contributed by atoms with Gasteiger partial charge < -0.3 is 25.3 Å². The number of amides is 4. The van der Waals surface area contributed by atoms with Crippen LogP contribution in [0.5, 0.6) is 0 Å². The minimum atomic E-state index is -0.398. The van der Waals surface area contributed by atoms with Crippen molar-refractivity contribution in [2.45, 2.75) is 13.5 Å². The van der Waals surface area contributed by atoms with Gasteiger partial charge in [-0.05, 0) is 54.4 Å². The van der Waals surface area contributed by atoms with E-state index in [9.17, 15) is 19.2 Å². The predicted octanol–water partition coefficient (Wildman–Crippen LogP) is 2.34. The van der Waals surface area contributed by atoms with Gasteiger partial charge >= 0.3 is 0 Å². The van der Waals surface area contributed by atoms with Crippen molar-refractivity contribution < 1.29 is 23.6 Å². The monoisotopic (exact) mass is 460 g/mol. The first kappa shape index (κ1) is 22.8. The largest absolute Gasteiger partial charge is 0.459 e. The van der Waals surface area contributed by atoms with Crippen LogP contribution in [-0.2, 0) is 11.3 Å². The van der Waals surface area contributed by atoms with Gasteiger partial charge in [0.05, 0.1) is 12.8 Å². The minimum Gasteiger partial charge on any atom is -0.459 e. The Morgan fingerprint density at radius 1 is 1.03 bits per heavy atom. The number of carbonyl (C=O) groups excluding carboxylic acids is 4. The van der Waals surface area contributed by atoms with E-state index in [2.05, 4.69) is 16.0 Å². The summed E-state index contributed by atoms with van der Waals surface area (Å²) in [7, 11) is 0. The number of rotatable bonds is 6. The lowest BCUT2D eigenvalue weighted by Gasteiger charge is -2.26. The Morgan fingerprint density at radius 2 is 1.79 bits per heavy atom. The average molecular weight is 460 g/mol. The molecule has 2 aromatic carbocycles. The van der Waals surface area contributed by atoms with Crippen molar-refractivity contribution in [2.24, 2.45) is 0 Å². The zero-order valence-corrected chi connectivity index (χ0v) is 18.6. The van der Waals surface area contributed by atoms with Gasteiger partial charge in [0.1, 0.15) is 0 Å². The third-order valence-electron chi connectivity index (χ3n) is 5.47. The molecule has 4 amide bonds. The van der Waals surface area contributed by atoms with Crippen LogP contribution < -0.4 is 16.0 Å². The summed E-state index contributed by atoms with van der Waals surface area (Å²) in [6, 6.07) is 15.1. The number of hydrogen-bond donors (Lipinski definition) is 3. The molecule has 3 N–H and O–H groups in total. The Hall–Kier alpha value is -4.40. The van der Waals surface area contributed by atoms with E-state index in [0.717, 1.165) is 11.1 Å². The fraction of sp³-hybridized carbons (Fsp3) is 0.200. The number of carbonyl (C=O) groups is 4. The van der Waals surface area contributed by atoms with Crippen LogP contribution in [-0.4, -0.2) is 48.2 Å². The van der Waals surface area contributed by atoms with Crippen LogP contribution in [0.3, 0.4) is 0 Å². The van der Waals surface area contributed by atoms with Crippen molar-refractivity contribution >= 4 is 29.3 Å². The van der Waals surface area contributed by atoms with Crippen molar-refractivity contribution in [3.05, 3.63) is 88.9 Å². The van der Waals surface area contributed by atoms with Crippen LogP contribution in [0.15, 0.2) is 65.3 Å². The molecule has 0 spiro atoms. The molecule has 0 radical (unpaired) electrons. The Morgan fingerprint density at radius 3 is 2.50 bits per heavy atom. The van der Waals surface area contributed by atoms with Gasteiger partial charge in [-0.1, -0.05) is 18.2 Å². The number of furan rings is 1. The van der Waals surface area contributed by atoms with E-state index in [0.29, 0.717) is 29.9 Å². The number of benzene rings is 2. The first-order chi connectivity index (χ1) is 16.4. The summed E-state index contributed by atoms with van der Waals surface area (Å²) in [5.41, 5.74) is 3.03. The topological polar surface area (TPSA) is 121 Å². The number of nitrogens with zero attached hydrogens (tertiary/aromatic N) is 1. The highest BCUT2D eigenvalue weighted by atomic mass is 16.3. The lowest BCUT2D eigenvalue weighted by Crippen LogP contribution is -2.49. The van der Waals surface area contributed by atoms with Gasteiger partial charge in [0.25, 0.3) is 17.7 Å². The smallest absolute Gasteiger partial charge is 0.291 e. The molecular weight excluding hydrogens is 436 g/mol. The molecule has 1 saturated heterocycles. The molecule has 0 saturated carbocycles. The number of nitrogens with one attached hydrogen (secondary N) is 3. The predicted molar refractivity (Wildman–Crippen MR) is 124 cm³/mol. The van der Waals surface area contributed by atoms with Crippen molar-refractivity contribution in [2.75, 3.05) is 25.0 Å². The number of aryl methyl sites for hydroxylation is 1. The van der Waals surface area contributed by atoms with E-state index < -0.39 is 5.91 Å². The fourth-order valence-corrected chi connectivity index (χ4v) is 3.53. The number of anilines is 1. The first-order valence-corrected chi connectivity index (χ1v) is 10.8. The molecule has 1 aromatic heterocycles. The lowest BCUT2D eigenvalue weighted by molar-refractivity contribution is -0.123. The average Bonchev–Trinajstić information content (AvgIpc) is 3.39. The Labute approximate surface area is 196 Å². The van der Waals surface area contributed by atoms with Gasteiger partial charge in [0, 0.05) is 36.4 Å². The molecule has 0 unspecified atom stereocenters. The summed E-state index contributed by atoms with van der Waals surface area (Å²) in [5, 5.41) is 8.29. The van der Waals surface area contributed by atoms with Crippen molar-refractivity contribution in [3.8, 4) is 0 Å². The molecule has 9 nitrogen and oxygen atoms in total. The quantitative estimate of drug-likeness (QED) is 0.522. The van der Waals surface area contributed by atoms with E-state index in [4.69, 9.17) is 4.42 Å². The molecular formula is C25H24N4O5. The Balaban J connectivity index is 1.35. The maximum atomic E-state index is 12.7. The summed E-state index contributed by atoms with van der Waals surface area (Å²) in [5.74, 6) is -0.883. The van der Waals surface area contributed by atoms with E-state index in [1.54, 1.807) is 54.6 Å². The molecule has 34 heavy (non-hydrogen) atoms. The van der Waals surface area contributed by atoms with Gasteiger partial charge in [-0.2, -0.15) is 0 Å². The molecule has 0 aliphatic carbocycles. The van der Waals surface area contributed by atoms with Crippen LogP contribution >= 0.6 is 0 Å². The van der Waals surface area contributed by atoms with E-state index in [1.807, 2.05) is 6.92 Å². The molecule has 1 fully saturated rings. The number of hydrogen-bond acceptors (Lipinski definition) is 5. The standard InChI is InChI=1S/C25H24N4O5/c1-16-4-7-19(13-20(16)28-24(32)21-3-2-12-34-21)23(31)27-14-17-5-8-18(9-6-17)25(33)29-11-10-26-22(30)15-29/h2-9,12-13H,10-11,14-15H2,1H3,(H,26,30)(H,27,31)(H,28,32). The molecule has 174 valence electrons. The van der Waals surface area contributed by atoms with E-state index >= 15 is 0 Å². The second-order valence-electron chi connectivity index (χ2n) is 7.92. The van der Waals surface area contributed by atoms with Gasteiger partial charge in [-0.3, -0.25) is 19.2 Å². The molecule has 0 bridgehead atoms. The van der Waals surface area contributed by atoms with Crippen LogP contribution in [0.4, 0.5) is 5.69 Å². The van der Waals surface area contributed by atoms with E-state index in [-0.39, 0.29) is 36.6 Å². The van der Waals surface area contributed by atoms with Gasteiger partial charge in [-0.25, -0.2) is 0 Å². The minimum absolute atomic E-state index is 0.0527. The maximum Gasteiger partial charge on any atom is 0.291 e. The highest BCUT2D eigenvalue weighted by molar-refractivity contribution is 6.04. The third-order valence-corrected chi connectivity index (χ3v) is 5.47. The van der Waals surface area contributed by atoms with Crippen molar-refractivity contribution in [1.29, 1.82) is 0 Å². The molecule has 0 atom stereocenters. The molecule has 3 aromatic rings. The summed E-state index contributed by atoms with van der Waals surface area (Å²) in [4.78, 5) is 50.5. The van der Waals surface area contributed by atoms with Crippen molar-refractivity contribution in [3.63, 3.8) is 0 Å². The second kappa shape index (κ2) is 10.0. The van der Waals surface area contributed by atoms with Crippen LogP contribution in [0.2, 0.25) is 0 Å². The van der Waals surface area contributed by atoms with Gasteiger partial charge in [-0.15, -0.1) is 0 Å². The summed E-state index contributed by atoms with van der Waals surface area (Å²) in [6.07, 6.45) is 1.42. The zero-order valence-electron chi connectivity index (χ0n) is 18.6. The lowest BCUT2D eigenvalue weighted by atomic mass is 10.1. The molecule has 2 heterocycles. The molecule has 1 aliphatic rings. The summed E-state index contributed by atoms with van der Waals surface area (Å²) in [6.45, 7) is 3.07.